The molecule has 0 radical (unpaired) electrons. The zero-order valence-corrected chi connectivity index (χ0v) is 13.0. The van der Waals surface area contributed by atoms with Crippen molar-refractivity contribution in [2.45, 2.75) is 6.92 Å². The molecule has 0 aromatic heterocycles. The lowest BCUT2D eigenvalue weighted by atomic mass is 10.3. The van der Waals surface area contributed by atoms with E-state index in [1.807, 2.05) is 6.92 Å². The number of rotatable bonds is 4. The smallest absolute Gasteiger partial charge is 0.314 e. The average molecular weight is 337 g/mol. The third-order valence-corrected chi connectivity index (χ3v) is 3.11. The lowest BCUT2D eigenvalue weighted by molar-refractivity contribution is -0.133. The van der Waals surface area contributed by atoms with Crippen molar-refractivity contribution < 1.29 is 18.7 Å². The number of hydrogen-bond acceptors (Lipinski definition) is 3. The first-order valence-electron chi connectivity index (χ1n) is 6.80. The molecule has 2 amide bonds. The normalized spacial score (nSPS) is 10.0. The summed E-state index contributed by atoms with van der Waals surface area (Å²) < 4.78 is 18.4. The van der Waals surface area contributed by atoms with Crippen molar-refractivity contribution >= 4 is 34.8 Å². The Bertz CT molecular complexity index is 737. The molecule has 0 saturated heterocycles. The zero-order chi connectivity index (χ0) is 16.8. The van der Waals surface area contributed by atoms with E-state index in [-0.39, 0.29) is 10.7 Å². The van der Waals surface area contributed by atoms with Crippen molar-refractivity contribution in [1.82, 2.24) is 0 Å². The minimum Gasteiger partial charge on any atom is -0.492 e. The third kappa shape index (κ3) is 4.43. The van der Waals surface area contributed by atoms with Crippen LogP contribution >= 0.6 is 11.6 Å². The van der Waals surface area contributed by atoms with Crippen LogP contribution in [0.5, 0.6) is 5.75 Å². The topological polar surface area (TPSA) is 67.4 Å². The van der Waals surface area contributed by atoms with Crippen LogP contribution in [0.3, 0.4) is 0 Å². The van der Waals surface area contributed by atoms with Gasteiger partial charge in [-0.3, -0.25) is 9.59 Å². The van der Waals surface area contributed by atoms with Crippen LogP contribution in [0.25, 0.3) is 0 Å². The number of amides is 2. The minimum atomic E-state index is -0.904. The molecule has 0 saturated carbocycles. The Hall–Kier alpha value is -2.60. The monoisotopic (exact) mass is 336 g/mol. The van der Waals surface area contributed by atoms with Gasteiger partial charge in [0.15, 0.2) is 0 Å². The van der Waals surface area contributed by atoms with Crippen molar-refractivity contribution in [1.29, 1.82) is 0 Å². The highest BCUT2D eigenvalue weighted by atomic mass is 35.5. The fraction of sp³-hybridized carbons (Fsp3) is 0.125. The highest BCUT2D eigenvalue weighted by molar-refractivity contribution is 6.44. The van der Waals surface area contributed by atoms with Crippen LogP contribution in [0.4, 0.5) is 15.8 Å². The Morgan fingerprint density at radius 2 is 1.83 bits per heavy atom. The van der Waals surface area contributed by atoms with Crippen molar-refractivity contribution in [3.63, 3.8) is 0 Å². The summed E-state index contributed by atoms with van der Waals surface area (Å²) in [7, 11) is 0. The second-order valence-electron chi connectivity index (χ2n) is 4.47. The fourth-order valence-corrected chi connectivity index (χ4v) is 1.97. The molecule has 0 aliphatic rings. The second-order valence-corrected chi connectivity index (χ2v) is 4.87. The summed E-state index contributed by atoms with van der Waals surface area (Å²) in [5.74, 6) is -1.93. The van der Waals surface area contributed by atoms with Gasteiger partial charge in [-0.25, -0.2) is 4.39 Å². The van der Waals surface area contributed by atoms with Crippen molar-refractivity contribution in [2.75, 3.05) is 17.2 Å². The maximum Gasteiger partial charge on any atom is 0.314 e. The molecule has 0 aliphatic heterocycles. The highest BCUT2D eigenvalue weighted by Crippen LogP contribution is 2.24. The van der Waals surface area contributed by atoms with Crippen LogP contribution in [0, 0.1) is 5.82 Å². The maximum atomic E-state index is 13.1. The van der Waals surface area contributed by atoms with E-state index < -0.39 is 17.6 Å². The highest BCUT2D eigenvalue weighted by Gasteiger charge is 2.16. The SMILES string of the molecule is CCOc1ccccc1NC(=O)C(=O)Nc1ccc(F)c(Cl)c1. The molecule has 7 heteroatoms. The van der Waals surface area contributed by atoms with Crippen LogP contribution in [-0.4, -0.2) is 18.4 Å². The Morgan fingerprint density at radius 1 is 1.13 bits per heavy atom. The van der Waals surface area contributed by atoms with E-state index in [0.717, 1.165) is 6.07 Å². The van der Waals surface area contributed by atoms with Gasteiger partial charge in [0.05, 0.1) is 17.3 Å². The second kappa shape index (κ2) is 7.60. The summed E-state index contributed by atoms with van der Waals surface area (Å²) in [6, 6.07) is 10.4. The number of halogens is 2. The van der Waals surface area contributed by atoms with Crippen LogP contribution in [0.1, 0.15) is 6.92 Å². The van der Waals surface area contributed by atoms with Crippen LogP contribution in [0.2, 0.25) is 5.02 Å². The van der Waals surface area contributed by atoms with Gasteiger partial charge in [-0.05, 0) is 37.3 Å². The molecule has 0 unspecified atom stereocenters. The number of anilines is 2. The number of carbonyl (C=O) groups excluding carboxylic acids is 2. The molecule has 0 aliphatic carbocycles. The molecular formula is C16H14ClFN2O3. The van der Waals surface area contributed by atoms with Gasteiger partial charge in [-0.1, -0.05) is 23.7 Å². The molecule has 2 aromatic carbocycles. The first-order valence-corrected chi connectivity index (χ1v) is 7.18. The standard InChI is InChI=1S/C16H14ClFN2O3/c1-2-23-14-6-4-3-5-13(14)20-16(22)15(21)19-10-7-8-12(18)11(17)9-10/h3-9H,2H2,1H3,(H,19,21)(H,20,22). The molecule has 120 valence electrons. The largest absolute Gasteiger partial charge is 0.492 e. The van der Waals surface area contributed by atoms with E-state index in [9.17, 15) is 14.0 Å². The van der Waals surface area contributed by atoms with Crippen molar-refractivity contribution in [3.05, 3.63) is 53.3 Å². The van der Waals surface area contributed by atoms with Crippen LogP contribution in [-0.2, 0) is 9.59 Å². The number of hydrogen-bond donors (Lipinski definition) is 2. The first-order chi connectivity index (χ1) is 11.0. The molecule has 0 bridgehead atoms. The molecule has 2 rings (SSSR count). The van der Waals surface area contributed by atoms with E-state index in [0.29, 0.717) is 18.0 Å². The number of ether oxygens (including phenoxy) is 1. The molecule has 2 aromatic rings. The zero-order valence-electron chi connectivity index (χ0n) is 12.2. The Labute approximate surface area is 137 Å². The van der Waals surface area contributed by atoms with Gasteiger partial charge in [-0.15, -0.1) is 0 Å². The molecule has 23 heavy (non-hydrogen) atoms. The number of nitrogens with one attached hydrogen (secondary N) is 2. The predicted octanol–water partition coefficient (Wildman–Crippen LogP) is 3.46. The van der Waals surface area contributed by atoms with Gasteiger partial charge in [0.25, 0.3) is 0 Å². The molecular weight excluding hydrogens is 323 g/mol. The Balaban J connectivity index is 2.05. The summed E-state index contributed by atoms with van der Waals surface area (Å²) in [5, 5.41) is 4.65. The van der Waals surface area contributed by atoms with E-state index in [2.05, 4.69) is 10.6 Å². The van der Waals surface area contributed by atoms with Gasteiger partial charge in [0.2, 0.25) is 0 Å². The number of benzene rings is 2. The van der Waals surface area contributed by atoms with Gasteiger partial charge in [-0.2, -0.15) is 0 Å². The lowest BCUT2D eigenvalue weighted by Crippen LogP contribution is -2.29. The van der Waals surface area contributed by atoms with E-state index in [4.69, 9.17) is 16.3 Å². The van der Waals surface area contributed by atoms with Crippen LogP contribution < -0.4 is 15.4 Å². The van der Waals surface area contributed by atoms with Crippen LogP contribution in [0.15, 0.2) is 42.5 Å². The van der Waals surface area contributed by atoms with Gasteiger partial charge in [0.1, 0.15) is 11.6 Å². The molecule has 0 atom stereocenters. The van der Waals surface area contributed by atoms with Crippen molar-refractivity contribution in [3.8, 4) is 5.75 Å². The van der Waals surface area contributed by atoms with E-state index >= 15 is 0 Å². The molecule has 2 N–H and O–H groups in total. The number of para-hydroxylation sites is 2. The first kappa shape index (κ1) is 16.8. The maximum absolute atomic E-state index is 13.1. The molecule has 0 fully saturated rings. The lowest BCUT2D eigenvalue weighted by Gasteiger charge is -2.11. The van der Waals surface area contributed by atoms with E-state index in [1.165, 1.54) is 12.1 Å². The average Bonchev–Trinajstić information content (AvgIpc) is 2.53. The van der Waals surface area contributed by atoms with Gasteiger partial charge >= 0.3 is 11.8 Å². The third-order valence-electron chi connectivity index (χ3n) is 2.82. The summed E-state index contributed by atoms with van der Waals surface area (Å²) in [5.41, 5.74) is 0.598. The van der Waals surface area contributed by atoms with Crippen molar-refractivity contribution in [2.24, 2.45) is 0 Å². The minimum absolute atomic E-state index is 0.148. The molecule has 0 heterocycles. The Morgan fingerprint density at radius 3 is 2.52 bits per heavy atom. The summed E-state index contributed by atoms with van der Waals surface area (Å²) >= 11 is 5.62. The van der Waals surface area contributed by atoms with E-state index in [1.54, 1.807) is 24.3 Å². The molecule has 0 spiro atoms. The fourth-order valence-electron chi connectivity index (χ4n) is 1.79. The molecule has 5 nitrogen and oxygen atoms in total. The number of carbonyl (C=O) groups is 2. The quantitative estimate of drug-likeness (QED) is 0.840. The van der Waals surface area contributed by atoms with Gasteiger partial charge < -0.3 is 15.4 Å². The van der Waals surface area contributed by atoms with Gasteiger partial charge in [0, 0.05) is 5.69 Å². The summed E-state index contributed by atoms with van der Waals surface area (Å²) in [4.78, 5) is 23.8. The summed E-state index contributed by atoms with van der Waals surface area (Å²) in [6.45, 7) is 2.23. The predicted molar refractivity (Wildman–Crippen MR) is 86.3 cm³/mol. The summed E-state index contributed by atoms with van der Waals surface area (Å²) in [6.07, 6.45) is 0. The Kier molecular flexibility index (Phi) is 5.54.